The summed E-state index contributed by atoms with van der Waals surface area (Å²) in [5, 5.41) is 2.32. The fraction of sp³-hybridized carbons (Fsp3) is 0.348. The lowest BCUT2D eigenvalue weighted by Gasteiger charge is -2.23. The molecule has 4 rings (SSSR count). The molecular weight excluding hydrogens is 452 g/mol. The third kappa shape index (κ3) is 5.12. The molecule has 0 radical (unpaired) electrons. The smallest absolute Gasteiger partial charge is 0.254 e. The van der Waals surface area contributed by atoms with Crippen molar-refractivity contribution in [2.45, 2.75) is 43.1 Å². The summed E-state index contributed by atoms with van der Waals surface area (Å²) in [5.41, 5.74) is 3.55. The quantitative estimate of drug-likeness (QED) is 0.653. The van der Waals surface area contributed by atoms with Crippen molar-refractivity contribution in [2.75, 3.05) is 13.1 Å². The number of hydrogen-bond donors (Lipinski definition) is 1. The normalized spacial score (nSPS) is 21.8. The Morgan fingerprint density at radius 2 is 2.06 bits per heavy atom. The SMILES string of the molecule is Cc1cccc(C)c1C(=O)N1CC[C@H](OC2C=C(NS(=O)c3sccc3Cl)C=CC2)C1. The number of aryl methyl sites for hydroxylation is 2. The van der Waals surface area contributed by atoms with Gasteiger partial charge in [0.1, 0.15) is 4.21 Å². The highest BCUT2D eigenvalue weighted by atomic mass is 35.5. The minimum Gasteiger partial charge on any atom is -0.369 e. The van der Waals surface area contributed by atoms with Crippen molar-refractivity contribution >= 4 is 39.8 Å². The third-order valence-corrected chi connectivity index (χ3v) is 8.45. The predicted molar refractivity (Wildman–Crippen MR) is 126 cm³/mol. The second-order valence-electron chi connectivity index (χ2n) is 7.79. The Morgan fingerprint density at radius 1 is 1.29 bits per heavy atom. The number of carbonyl (C=O) groups excluding carboxylic acids is 1. The van der Waals surface area contributed by atoms with E-state index < -0.39 is 11.0 Å². The summed E-state index contributed by atoms with van der Waals surface area (Å²) < 4.78 is 22.4. The van der Waals surface area contributed by atoms with Gasteiger partial charge in [-0.05, 0) is 61.4 Å². The van der Waals surface area contributed by atoms with E-state index in [9.17, 15) is 9.00 Å². The van der Waals surface area contributed by atoms with E-state index in [1.54, 1.807) is 6.07 Å². The molecule has 164 valence electrons. The standard InChI is InChI=1S/C23H25ClN2O3S2/c1-15-5-3-6-16(2)21(15)22(27)26-11-9-19(14-26)29-18-8-4-7-17(13-18)25-31(28)23-20(24)10-12-30-23/h3-7,10,12-13,18-19,25H,8-9,11,14H2,1-2H3/t18?,19-,31?/m0/s1. The third-order valence-electron chi connectivity index (χ3n) is 5.49. The molecular formula is C23H25ClN2O3S2. The molecule has 2 heterocycles. The van der Waals surface area contributed by atoms with Crippen LogP contribution in [0.25, 0.3) is 0 Å². The Kier molecular flexibility index (Phi) is 6.96. The Hall–Kier alpha value is -1.93. The lowest BCUT2D eigenvalue weighted by atomic mass is 10.0. The number of carbonyl (C=O) groups is 1. The summed E-state index contributed by atoms with van der Waals surface area (Å²) in [4.78, 5) is 14.9. The first-order valence-corrected chi connectivity index (χ1v) is 12.6. The highest BCUT2D eigenvalue weighted by Crippen LogP contribution is 2.26. The van der Waals surface area contributed by atoms with E-state index in [0.717, 1.165) is 35.2 Å². The average molecular weight is 477 g/mol. The number of allylic oxidation sites excluding steroid dienone is 1. The van der Waals surface area contributed by atoms with Crippen LogP contribution in [0.3, 0.4) is 0 Å². The lowest BCUT2D eigenvalue weighted by Crippen LogP contribution is -2.32. The monoisotopic (exact) mass is 476 g/mol. The molecule has 3 atom stereocenters. The Balaban J connectivity index is 1.36. The second kappa shape index (κ2) is 9.69. The zero-order valence-corrected chi connectivity index (χ0v) is 19.9. The van der Waals surface area contributed by atoms with Crippen LogP contribution in [-0.4, -0.2) is 40.3 Å². The van der Waals surface area contributed by atoms with Gasteiger partial charge in [0.05, 0.1) is 17.2 Å². The van der Waals surface area contributed by atoms with Crippen LogP contribution in [0.2, 0.25) is 5.02 Å². The number of hydrogen-bond acceptors (Lipinski definition) is 4. The van der Waals surface area contributed by atoms with Crippen molar-refractivity contribution in [3.05, 3.63) is 75.3 Å². The number of benzene rings is 1. The first-order valence-electron chi connectivity index (χ1n) is 10.2. The molecule has 31 heavy (non-hydrogen) atoms. The van der Waals surface area contributed by atoms with Crippen LogP contribution < -0.4 is 4.72 Å². The zero-order chi connectivity index (χ0) is 22.0. The van der Waals surface area contributed by atoms with Gasteiger partial charge in [-0.15, -0.1) is 11.3 Å². The molecule has 1 aliphatic carbocycles. The number of thiophene rings is 1. The number of rotatable bonds is 6. The minimum atomic E-state index is -1.41. The van der Waals surface area contributed by atoms with Gasteiger partial charge >= 0.3 is 0 Å². The van der Waals surface area contributed by atoms with Gasteiger partial charge in [-0.3, -0.25) is 4.79 Å². The van der Waals surface area contributed by atoms with Crippen molar-refractivity contribution in [1.29, 1.82) is 0 Å². The van der Waals surface area contributed by atoms with Crippen molar-refractivity contribution in [3.8, 4) is 0 Å². The summed E-state index contributed by atoms with van der Waals surface area (Å²) in [7, 11) is -1.41. The van der Waals surface area contributed by atoms with Crippen LogP contribution in [-0.2, 0) is 15.7 Å². The first-order chi connectivity index (χ1) is 14.9. The highest BCUT2D eigenvalue weighted by Gasteiger charge is 2.30. The molecule has 1 fully saturated rings. The average Bonchev–Trinajstić information content (AvgIpc) is 3.37. The molecule has 0 saturated carbocycles. The van der Waals surface area contributed by atoms with Crippen molar-refractivity contribution in [2.24, 2.45) is 0 Å². The van der Waals surface area contributed by atoms with Gasteiger partial charge in [0.2, 0.25) is 0 Å². The van der Waals surface area contributed by atoms with Gasteiger partial charge in [-0.1, -0.05) is 35.9 Å². The van der Waals surface area contributed by atoms with Gasteiger partial charge in [0.15, 0.2) is 11.0 Å². The van der Waals surface area contributed by atoms with Gasteiger partial charge in [0, 0.05) is 24.4 Å². The summed E-state index contributed by atoms with van der Waals surface area (Å²) >= 11 is 7.44. The molecule has 8 heteroatoms. The van der Waals surface area contributed by atoms with Gasteiger partial charge in [-0.25, -0.2) is 4.21 Å². The molecule has 2 unspecified atom stereocenters. The molecule has 0 bridgehead atoms. The molecule has 0 spiro atoms. The molecule has 2 aliphatic rings. The van der Waals surface area contributed by atoms with Gasteiger partial charge < -0.3 is 14.4 Å². The van der Waals surface area contributed by atoms with E-state index in [2.05, 4.69) is 4.72 Å². The molecule has 5 nitrogen and oxygen atoms in total. The topological polar surface area (TPSA) is 58.6 Å². The van der Waals surface area contributed by atoms with E-state index in [-0.39, 0.29) is 18.1 Å². The number of amides is 1. The maximum absolute atomic E-state index is 13.0. The van der Waals surface area contributed by atoms with Crippen LogP contribution in [0, 0.1) is 13.8 Å². The fourth-order valence-electron chi connectivity index (χ4n) is 3.96. The Labute approximate surface area is 194 Å². The summed E-state index contributed by atoms with van der Waals surface area (Å²) in [6.45, 7) is 5.23. The fourth-order valence-corrected chi connectivity index (χ4v) is 6.28. The Bertz CT molecular complexity index is 1040. The first kappa shape index (κ1) is 22.3. The van der Waals surface area contributed by atoms with E-state index >= 15 is 0 Å². The minimum absolute atomic E-state index is 0.0143. The van der Waals surface area contributed by atoms with Gasteiger partial charge in [0.25, 0.3) is 5.91 Å². The summed E-state index contributed by atoms with van der Waals surface area (Å²) in [5.74, 6) is 0.0753. The van der Waals surface area contributed by atoms with E-state index in [1.807, 2.05) is 60.6 Å². The van der Waals surface area contributed by atoms with Crippen LogP contribution in [0.15, 0.2) is 57.8 Å². The lowest BCUT2D eigenvalue weighted by molar-refractivity contribution is 0.0196. The zero-order valence-electron chi connectivity index (χ0n) is 17.5. The summed E-state index contributed by atoms with van der Waals surface area (Å²) in [6.07, 6.45) is 7.29. The largest absolute Gasteiger partial charge is 0.369 e. The molecule has 1 aliphatic heterocycles. The predicted octanol–water partition coefficient (Wildman–Crippen LogP) is 4.77. The molecule has 1 aromatic heterocycles. The van der Waals surface area contributed by atoms with Crippen LogP contribution in [0.1, 0.15) is 34.3 Å². The van der Waals surface area contributed by atoms with Crippen LogP contribution >= 0.6 is 22.9 Å². The van der Waals surface area contributed by atoms with E-state index in [0.29, 0.717) is 22.3 Å². The molecule has 2 aromatic rings. The van der Waals surface area contributed by atoms with Crippen LogP contribution in [0.4, 0.5) is 0 Å². The molecule has 1 N–H and O–H groups in total. The van der Waals surface area contributed by atoms with Crippen molar-refractivity contribution < 1.29 is 13.7 Å². The number of ether oxygens (including phenoxy) is 1. The maximum atomic E-state index is 13.0. The highest BCUT2D eigenvalue weighted by molar-refractivity contribution is 7.85. The van der Waals surface area contributed by atoms with E-state index in [4.69, 9.17) is 16.3 Å². The summed E-state index contributed by atoms with van der Waals surface area (Å²) in [6, 6.07) is 7.67. The van der Waals surface area contributed by atoms with Crippen LogP contribution in [0.5, 0.6) is 0 Å². The second-order valence-corrected chi connectivity index (χ2v) is 10.5. The van der Waals surface area contributed by atoms with Crippen molar-refractivity contribution in [1.82, 2.24) is 9.62 Å². The number of halogens is 1. The number of nitrogens with zero attached hydrogens (tertiary/aromatic N) is 1. The number of likely N-dealkylation sites (tertiary alicyclic amines) is 1. The molecule has 1 aromatic carbocycles. The Morgan fingerprint density at radius 3 is 2.77 bits per heavy atom. The number of nitrogens with one attached hydrogen (secondary N) is 1. The maximum Gasteiger partial charge on any atom is 0.254 e. The molecule has 1 amide bonds. The molecule has 1 saturated heterocycles. The van der Waals surface area contributed by atoms with E-state index in [1.165, 1.54) is 11.3 Å². The van der Waals surface area contributed by atoms with Crippen molar-refractivity contribution in [3.63, 3.8) is 0 Å². The van der Waals surface area contributed by atoms with Gasteiger partial charge in [-0.2, -0.15) is 0 Å².